The third-order valence-corrected chi connectivity index (χ3v) is 3.36. The highest BCUT2D eigenvalue weighted by Gasteiger charge is 1.89. The molecule has 0 aliphatic rings. The maximum Gasteiger partial charge on any atom is 0.129 e. The van der Waals surface area contributed by atoms with Crippen molar-refractivity contribution in [1.82, 2.24) is 0 Å². The molecule has 124 valence electrons. The van der Waals surface area contributed by atoms with Crippen molar-refractivity contribution >= 4 is 5.78 Å². The lowest BCUT2D eigenvalue weighted by Gasteiger charge is -1.91. The minimum Gasteiger partial charge on any atom is -0.300 e. The molecule has 1 nitrogen and oxygen atoms in total. The molecule has 0 aliphatic carbocycles. The van der Waals surface area contributed by atoms with Gasteiger partial charge in [0, 0.05) is 6.42 Å². The molecule has 0 unspecified atom stereocenters. The van der Waals surface area contributed by atoms with E-state index in [1.54, 1.807) is 6.92 Å². The van der Waals surface area contributed by atoms with Crippen LogP contribution in [0.5, 0.6) is 0 Å². The van der Waals surface area contributed by atoms with Crippen molar-refractivity contribution in [3.63, 3.8) is 0 Å². The largest absolute Gasteiger partial charge is 0.300 e. The van der Waals surface area contributed by atoms with Crippen molar-refractivity contribution in [3.05, 3.63) is 48.6 Å². The average Bonchev–Trinajstić information content (AvgIpc) is 2.50. The first-order valence-corrected chi connectivity index (χ1v) is 8.86. The van der Waals surface area contributed by atoms with E-state index in [9.17, 15) is 4.79 Å². The van der Waals surface area contributed by atoms with Crippen LogP contribution in [0.1, 0.15) is 78.1 Å². The first-order chi connectivity index (χ1) is 10.8. The smallest absolute Gasteiger partial charge is 0.129 e. The van der Waals surface area contributed by atoms with Gasteiger partial charge in [0.1, 0.15) is 5.78 Å². The third kappa shape index (κ3) is 18.6. The highest BCUT2D eigenvalue weighted by Crippen LogP contribution is 2.01. The van der Waals surface area contributed by atoms with Gasteiger partial charge >= 0.3 is 0 Å². The van der Waals surface area contributed by atoms with E-state index in [0.717, 1.165) is 32.1 Å². The molecule has 0 fully saturated rings. The number of hydrogen-bond acceptors (Lipinski definition) is 1. The lowest BCUT2D eigenvalue weighted by molar-refractivity contribution is -0.117. The van der Waals surface area contributed by atoms with Gasteiger partial charge in [0.2, 0.25) is 0 Å². The zero-order chi connectivity index (χ0) is 16.3. The quantitative estimate of drug-likeness (QED) is 0.257. The maximum absolute atomic E-state index is 10.8. The Bertz CT molecular complexity index is 358. The number of Topliss-reactive ketones (excluding diaryl/α,β-unsaturated/α-hetero) is 1. The van der Waals surface area contributed by atoms with Crippen LogP contribution in [0.2, 0.25) is 0 Å². The van der Waals surface area contributed by atoms with Crippen LogP contribution in [0, 0.1) is 0 Å². The Hall–Kier alpha value is -1.37. The molecule has 0 spiro atoms. The zero-order valence-electron chi connectivity index (χ0n) is 14.6. The Balaban J connectivity index is 3.40. The van der Waals surface area contributed by atoms with Crippen molar-refractivity contribution in [3.8, 4) is 0 Å². The van der Waals surface area contributed by atoms with Crippen molar-refractivity contribution in [1.29, 1.82) is 0 Å². The van der Waals surface area contributed by atoms with Crippen LogP contribution in [0.3, 0.4) is 0 Å². The van der Waals surface area contributed by atoms with E-state index < -0.39 is 0 Å². The van der Waals surface area contributed by atoms with E-state index in [4.69, 9.17) is 0 Å². The van der Waals surface area contributed by atoms with Crippen molar-refractivity contribution < 1.29 is 4.79 Å². The van der Waals surface area contributed by atoms with Gasteiger partial charge in [-0.2, -0.15) is 0 Å². The molecule has 0 saturated heterocycles. The standard InChI is InChI=1S/C21H34O/c1-3-4-5-6-7-8-9-10-11-12-13-14-15-16-17-18-19-20-21(2)22/h7-8,10-11,13-14,16-17H,3-6,9,12,15,18-20H2,1-2H3/b8-7-,11-10-,14-13-,17-16-. The Labute approximate surface area is 137 Å². The van der Waals surface area contributed by atoms with E-state index in [1.165, 1.54) is 25.7 Å². The van der Waals surface area contributed by atoms with E-state index >= 15 is 0 Å². The Morgan fingerprint density at radius 1 is 0.682 bits per heavy atom. The maximum atomic E-state index is 10.8. The molecule has 1 heteroatoms. The van der Waals surface area contributed by atoms with E-state index in [2.05, 4.69) is 55.5 Å². The third-order valence-electron chi connectivity index (χ3n) is 3.36. The number of rotatable bonds is 14. The Morgan fingerprint density at radius 3 is 1.59 bits per heavy atom. The van der Waals surface area contributed by atoms with Gasteiger partial charge in [-0.1, -0.05) is 68.4 Å². The summed E-state index contributed by atoms with van der Waals surface area (Å²) in [6, 6.07) is 0. The summed E-state index contributed by atoms with van der Waals surface area (Å²) in [4.78, 5) is 10.8. The fraction of sp³-hybridized carbons (Fsp3) is 0.571. The molecule has 0 aromatic heterocycles. The van der Waals surface area contributed by atoms with Crippen molar-refractivity contribution in [2.45, 2.75) is 78.1 Å². The number of ketones is 1. The molecule has 0 aliphatic heterocycles. The molecule has 0 amide bonds. The predicted octanol–water partition coefficient (Wildman–Crippen LogP) is 6.72. The second-order valence-electron chi connectivity index (χ2n) is 5.68. The molecule has 0 N–H and O–H groups in total. The second kappa shape index (κ2) is 17.7. The Kier molecular flexibility index (Phi) is 16.6. The molecule has 0 aromatic rings. The van der Waals surface area contributed by atoms with Crippen molar-refractivity contribution in [2.24, 2.45) is 0 Å². The Morgan fingerprint density at radius 2 is 1.14 bits per heavy atom. The highest BCUT2D eigenvalue weighted by molar-refractivity contribution is 5.75. The summed E-state index contributed by atoms with van der Waals surface area (Å²) in [6.07, 6.45) is 28.7. The fourth-order valence-corrected chi connectivity index (χ4v) is 2.03. The monoisotopic (exact) mass is 302 g/mol. The van der Waals surface area contributed by atoms with Gasteiger partial charge in [-0.3, -0.25) is 0 Å². The number of allylic oxidation sites excluding steroid dienone is 8. The van der Waals surface area contributed by atoms with Crippen LogP contribution >= 0.6 is 0 Å². The summed E-state index contributed by atoms with van der Waals surface area (Å²) < 4.78 is 0. The van der Waals surface area contributed by atoms with Crippen LogP contribution in [0.25, 0.3) is 0 Å². The van der Waals surface area contributed by atoms with Crippen LogP contribution in [0.15, 0.2) is 48.6 Å². The molecule has 0 aromatic carbocycles. The summed E-state index contributed by atoms with van der Waals surface area (Å²) >= 11 is 0. The van der Waals surface area contributed by atoms with Crippen molar-refractivity contribution in [2.75, 3.05) is 0 Å². The van der Waals surface area contributed by atoms with Gasteiger partial charge < -0.3 is 4.79 Å². The molecule has 0 atom stereocenters. The van der Waals surface area contributed by atoms with Gasteiger partial charge in [0.05, 0.1) is 0 Å². The molecular weight excluding hydrogens is 268 g/mol. The minimum atomic E-state index is 0.288. The number of unbranched alkanes of at least 4 members (excludes halogenated alkanes) is 4. The normalized spacial score (nSPS) is 12.5. The molecule has 22 heavy (non-hydrogen) atoms. The van der Waals surface area contributed by atoms with Crippen LogP contribution in [-0.4, -0.2) is 5.78 Å². The van der Waals surface area contributed by atoms with Gasteiger partial charge in [-0.25, -0.2) is 0 Å². The van der Waals surface area contributed by atoms with Crippen LogP contribution in [-0.2, 0) is 4.79 Å². The number of carbonyl (C=O) groups excluding carboxylic acids is 1. The highest BCUT2D eigenvalue weighted by atomic mass is 16.1. The molecular formula is C21H34O. The molecule has 0 bridgehead atoms. The zero-order valence-corrected chi connectivity index (χ0v) is 14.6. The molecule has 0 saturated carbocycles. The van der Waals surface area contributed by atoms with E-state index in [0.29, 0.717) is 6.42 Å². The molecule has 0 radical (unpaired) electrons. The lowest BCUT2D eigenvalue weighted by Crippen LogP contribution is -1.87. The first kappa shape index (κ1) is 20.6. The predicted molar refractivity (Wildman–Crippen MR) is 99.1 cm³/mol. The summed E-state index contributed by atoms with van der Waals surface area (Å²) in [6.45, 7) is 3.90. The summed E-state index contributed by atoms with van der Waals surface area (Å²) in [7, 11) is 0. The first-order valence-electron chi connectivity index (χ1n) is 8.86. The lowest BCUT2D eigenvalue weighted by atomic mass is 10.2. The topological polar surface area (TPSA) is 17.1 Å². The molecule has 0 rings (SSSR count). The van der Waals surface area contributed by atoms with Gasteiger partial charge in [0.15, 0.2) is 0 Å². The summed E-state index contributed by atoms with van der Waals surface area (Å²) in [5, 5.41) is 0. The molecule has 0 heterocycles. The fourth-order valence-electron chi connectivity index (χ4n) is 2.03. The number of hydrogen-bond donors (Lipinski definition) is 0. The summed E-state index contributed by atoms with van der Waals surface area (Å²) in [5.74, 6) is 0.288. The second-order valence-corrected chi connectivity index (χ2v) is 5.68. The summed E-state index contributed by atoms with van der Waals surface area (Å²) in [5.41, 5.74) is 0. The average molecular weight is 303 g/mol. The van der Waals surface area contributed by atoms with Gasteiger partial charge in [-0.05, 0) is 51.9 Å². The number of carbonyl (C=O) groups is 1. The van der Waals surface area contributed by atoms with E-state index in [-0.39, 0.29) is 5.78 Å². The van der Waals surface area contributed by atoms with Gasteiger partial charge in [0.25, 0.3) is 0 Å². The van der Waals surface area contributed by atoms with Crippen LogP contribution in [0.4, 0.5) is 0 Å². The van der Waals surface area contributed by atoms with Gasteiger partial charge in [-0.15, -0.1) is 0 Å². The minimum absolute atomic E-state index is 0.288. The SMILES string of the molecule is CCCCC/C=C\C/C=C\C/C=C\C/C=C\CCCC(C)=O. The van der Waals surface area contributed by atoms with Crippen LogP contribution < -0.4 is 0 Å². The van der Waals surface area contributed by atoms with E-state index in [1.807, 2.05) is 0 Å².